The Hall–Kier alpha value is -2.89. The zero-order valence-electron chi connectivity index (χ0n) is 12.0. The van der Waals surface area contributed by atoms with Crippen molar-refractivity contribution in [3.8, 4) is 0 Å². The van der Waals surface area contributed by atoms with E-state index in [1.807, 2.05) is 24.3 Å². The Morgan fingerprint density at radius 2 is 1.91 bits per heavy atom. The molecule has 0 aliphatic carbocycles. The lowest BCUT2D eigenvalue weighted by Gasteiger charge is -2.03. The number of imidazole rings is 1. The molecule has 0 saturated heterocycles. The van der Waals surface area contributed by atoms with Crippen LogP contribution < -0.4 is 5.32 Å². The number of aromatic nitrogens is 2. The number of fused-ring (bicyclic) bond motifs is 1. The van der Waals surface area contributed by atoms with Crippen LogP contribution in [-0.2, 0) is 6.42 Å². The second-order valence-electron chi connectivity index (χ2n) is 4.99. The molecule has 22 heavy (non-hydrogen) atoms. The van der Waals surface area contributed by atoms with Crippen LogP contribution in [0.5, 0.6) is 0 Å². The van der Waals surface area contributed by atoms with Gasteiger partial charge in [-0.25, -0.2) is 0 Å². The summed E-state index contributed by atoms with van der Waals surface area (Å²) in [4.78, 5) is 15.1. The molecule has 2 heterocycles. The smallest absolute Gasteiger partial charge is 0.363 e. The lowest BCUT2D eigenvalue weighted by Crippen LogP contribution is -2.05. The number of nitrogens with one attached hydrogen (secondary N) is 1. The van der Waals surface area contributed by atoms with Gasteiger partial charge in [0.05, 0.1) is 6.20 Å². The summed E-state index contributed by atoms with van der Waals surface area (Å²) in [6.45, 7) is 0.639. The van der Waals surface area contributed by atoms with Gasteiger partial charge in [-0.2, -0.15) is 9.38 Å². The summed E-state index contributed by atoms with van der Waals surface area (Å²) >= 11 is 0. The van der Waals surface area contributed by atoms with Gasteiger partial charge >= 0.3 is 5.82 Å². The lowest BCUT2D eigenvalue weighted by molar-refractivity contribution is -0.389. The summed E-state index contributed by atoms with van der Waals surface area (Å²) in [7, 11) is 0. The second kappa shape index (κ2) is 6.26. The van der Waals surface area contributed by atoms with Gasteiger partial charge in [-0.15, -0.1) is 0 Å². The molecule has 1 aromatic carbocycles. The molecule has 2 aromatic heterocycles. The summed E-state index contributed by atoms with van der Waals surface area (Å²) in [5.41, 5.74) is 1.83. The van der Waals surface area contributed by atoms with Crippen molar-refractivity contribution in [3.63, 3.8) is 0 Å². The molecule has 0 unspecified atom stereocenters. The average molecular weight is 296 g/mol. The molecule has 0 saturated carbocycles. The van der Waals surface area contributed by atoms with E-state index in [1.54, 1.807) is 18.3 Å². The summed E-state index contributed by atoms with van der Waals surface area (Å²) in [5.74, 6) is 0.305. The minimum atomic E-state index is -0.403. The maximum absolute atomic E-state index is 11.3. The summed E-state index contributed by atoms with van der Waals surface area (Å²) in [5, 5.41) is 14.3. The average Bonchev–Trinajstić information content (AvgIpc) is 2.91. The largest absolute Gasteiger partial charge is 0.372 e. The van der Waals surface area contributed by atoms with Crippen LogP contribution in [0, 0.1) is 10.1 Å². The van der Waals surface area contributed by atoms with Gasteiger partial charge in [0.1, 0.15) is 0 Å². The lowest BCUT2D eigenvalue weighted by atomic mass is 10.1. The highest BCUT2D eigenvalue weighted by Crippen LogP contribution is 2.25. The third-order valence-electron chi connectivity index (χ3n) is 3.46. The van der Waals surface area contributed by atoms with Crippen molar-refractivity contribution in [1.82, 2.24) is 9.38 Å². The van der Waals surface area contributed by atoms with E-state index in [4.69, 9.17) is 0 Å². The molecular weight excluding hydrogens is 280 g/mol. The highest BCUT2D eigenvalue weighted by molar-refractivity contribution is 5.62. The molecule has 3 aromatic rings. The fourth-order valence-electron chi connectivity index (χ4n) is 2.42. The number of hydrogen-bond donors (Lipinski definition) is 1. The highest BCUT2D eigenvalue weighted by atomic mass is 16.6. The van der Waals surface area contributed by atoms with E-state index in [-0.39, 0.29) is 5.82 Å². The van der Waals surface area contributed by atoms with Crippen LogP contribution in [0.3, 0.4) is 0 Å². The molecule has 0 spiro atoms. The van der Waals surface area contributed by atoms with E-state index in [1.165, 1.54) is 9.96 Å². The van der Waals surface area contributed by atoms with Crippen LogP contribution in [-0.4, -0.2) is 20.9 Å². The Labute approximate surface area is 127 Å². The monoisotopic (exact) mass is 296 g/mol. The molecular formula is C16H16N4O2. The zero-order chi connectivity index (χ0) is 15.4. The SMILES string of the molecule is O=[N+]([O-])c1c(NCCCc2ccccc2)nc2ccccn12. The van der Waals surface area contributed by atoms with E-state index < -0.39 is 4.92 Å². The van der Waals surface area contributed by atoms with Crippen molar-refractivity contribution in [1.29, 1.82) is 0 Å². The van der Waals surface area contributed by atoms with Crippen molar-refractivity contribution in [2.75, 3.05) is 11.9 Å². The standard InChI is InChI=1S/C16H16N4O2/c21-20(22)16-15(18-14-10-4-5-12-19(14)16)17-11-6-9-13-7-2-1-3-8-13/h1-5,7-8,10,12,17H,6,9,11H2. The van der Waals surface area contributed by atoms with Gasteiger partial charge in [0.2, 0.25) is 11.5 Å². The summed E-state index contributed by atoms with van der Waals surface area (Å²) in [6, 6.07) is 15.5. The van der Waals surface area contributed by atoms with Crippen LogP contribution in [0.25, 0.3) is 5.65 Å². The predicted octanol–water partition coefficient (Wildman–Crippen LogP) is 3.29. The first-order valence-electron chi connectivity index (χ1n) is 7.15. The van der Waals surface area contributed by atoms with Gasteiger partial charge in [-0.1, -0.05) is 36.4 Å². The molecule has 0 radical (unpaired) electrons. The molecule has 0 amide bonds. The van der Waals surface area contributed by atoms with Crippen LogP contribution in [0.4, 0.5) is 11.6 Å². The number of anilines is 1. The van der Waals surface area contributed by atoms with Crippen LogP contribution in [0.1, 0.15) is 12.0 Å². The van der Waals surface area contributed by atoms with E-state index >= 15 is 0 Å². The number of rotatable bonds is 6. The van der Waals surface area contributed by atoms with E-state index in [0.29, 0.717) is 18.0 Å². The zero-order valence-corrected chi connectivity index (χ0v) is 12.0. The molecule has 0 fully saturated rings. The summed E-state index contributed by atoms with van der Waals surface area (Å²) < 4.78 is 1.49. The molecule has 6 heteroatoms. The number of pyridine rings is 1. The minimum Gasteiger partial charge on any atom is -0.363 e. The Morgan fingerprint density at radius 1 is 1.14 bits per heavy atom. The van der Waals surface area contributed by atoms with Crippen molar-refractivity contribution >= 4 is 17.3 Å². The van der Waals surface area contributed by atoms with Gasteiger partial charge in [0.25, 0.3) is 0 Å². The molecule has 6 nitrogen and oxygen atoms in total. The Kier molecular flexibility index (Phi) is 4.00. The topological polar surface area (TPSA) is 72.5 Å². The van der Waals surface area contributed by atoms with E-state index in [0.717, 1.165) is 12.8 Å². The van der Waals surface area contributed by atoms with Gasteiger partial charge in [-0.3, -0.25) is 0 Å². The van der Waals surface area contributed by atoms with Crippen molar-refractivity contribution in [3.05, 3.63) is 70.4 Å². The Bertz CT molecular complexity index is 783. The maximum atomic E-state index is 11.3. The van der Waals surface area contributed by atoms with Crippen LogP contribution >= 0.6 is 0 Å². The predicted molar refractivity (Wildman–Crippen MR) is 85.1 cm³/mol. The van der Waals surface area contributed by atoms with Gasteiger partial charge in [0.15, 0.2) is 0 Å². The fraction of sp³-hybridized carbons (Fsp3) is 0.188. The van der Waals surface area contributed by atoms with Crippen molar-refractivity contribution in [2.45, 2.75) is 12.8 Å². The Balaban J connectivity index is 1.68. The molecule has 3 rings (SSSR count). The minimum absolute atomic E-state index is 0.0182. The first-order chi connectivity index (χ1) is 10.8. The first kappa shape index (κ1) is 14.1. The first-order valence-corrected chi connectivity index (χ1v) is 7.15. The van der Waals surface area contributed by atoms with E-state index in [2.05, 4.69) is 22.4 Å². The summed E-state index contributed by atoms with van der Waals surface area (Å²) in [6.07, 6.45) is 3.46. The fourth-order valence-corrected chi connectivity index (χ4v) is 2.42. The number of aryl methyl sites for hydroxylation is 1. The number of nitro groups is 1. The highest BCUT2D eigenvalue weighted by Gasteiger charge is 2.21. The molecule has 112 valence electrons. The second-order valence-corrected chi connectivity index (χ2v) is 4.99. The molecule has 0 atom stereocenters. The normalized spacial score (nSPS) is 10.7. The van der Waals surface area contributed by atoms with E-state index in [9.17, 15) is 10.1 Å². The quantitative estimate of drug-likeness (QED) is 0.430. The molecule has 0 bridgehead atoms. The maximum Gasteiger partial charge on any atom is 0.372 e. The molecule has 1 N–H and O–H groups in total. The Morgan fingerprint density at radius 3 is 2.68 bits per heavy atom. The van der Waals surface area contributed by atoms with Gasteiger partial charge < -0.3 is 15.4 Å². The van der Waals surface area contributed by atoms with Gasteiger partial charge in [-0.05, 0) is 29.4 Å². The number of hydrogen-bond acceptors (Lipinski definition) is 4. The third-order valence-corrected chi connectivity index (χ3v) is 3.46. The van der Waals surface area contributed by atoms with Crippen molar-refractivity contribution in [2.24, 2.45) is 0 Å². The number of nitrogens with zero attached hydrogens (tertiary/aromatic N) is 3. The number of benzene rings is 1. The van der Waals surface area contributed by atoms with Crippen LogP contribution in [0.15, 0.2) is 54.7 Å². The van der Waals surface area contributed by atoms with Crippen molar-refractivity contribution < 1.29 is 4.92 Å². The van der Waals surface area contributed by atoms with Crippen LogP contribution in [0.2, 0.25) is 0 Å². The molecule has 0 aliphatic rings. The molecule has 0 aliphatic heterocycles. The third kappa shape index (κ3) is 2.90. The van der Waals surface area contributed by atoms with Gasteiger partial charge in [0, 0.05) is 12.6 Å².